The third kappa shape index (κ3) is 2.48. The van der Waals surface area contributed by atoms with Crippen LogP contribution in [0.4, 0.5) is 10.1 Å². The average molecular weight is 208 g/mol. The van der Waals surface area contributed by atoms with Crippen molar-refractivity contribution in [2.75, 3.05) is 25.9 Å². The fraction of sp³-hybridized carbons (Fsp3) is 0.500. The highest BCUT2D eigenvalue weighted by Crippen LogP contribution is 2.23. The number of nitrogens with two attached hydrogens (primary N) is 1. The minimum absolute atomic E-state index is 0.250. The lowest BCUT2D eigenvalue weighted by molar-refractivity contribution is 0.394. The summed E-state index contributed by atoms with van der Waals surface area (Å²) in [6.07, 6.45) is 2.18. The molecule has 15 heavy (non-hydrogen) atoms. The second kappa shape index (κ2) is 4.19. The second-order valence-corrected chi connectivity index (χ2v) is 4.46. The monoisotopic (exact) mass is 208 g/mol. The maximum absolute atomic E-state index is 12.8. The zero-order chi connectivity index (χ0) is 10.8. The van der Waals surface area contributed by atoms with Gasteiger partial charge >= 0.3 is 0 Å². The van der Waals surface area contributed by atoms with Crippen LogP contribution in [-0.2, 0) is 6.42 Å². The number of nitrogen functional groups attached to an aromatic ring is 1. The SMILES string of the molecule is CN1CCC(Cc2ccc(F)cc2N)C1. The van der Waals surface area contributed by atoms with E-state index < -0.39 is 0 Å². The summed E-state index contributed by atoms with van der Waals surface area (Å²) in [5.74, 6) is 0.419. The number of benzene rings is 1. The number of hydrogen-bond donors (Lipinski definition) is 1. The molecule has 1 unspecified atom stereocenters. The van der Waals surface area contributed by atoms with Gasteiger partial charge < -0.3 is 10.6 Å². The number of rotatable bonds is 2. The number of hydrogen-bond acceptors (Lipinski definition) is 2. The average Bonchev–Trinajstić information content (AvgIpc) is 2.56. The van der Waals surface area contributed by atoms with Gasteiger partial charge in [-0.3, -0.25) is 0 Å². The Hall–Kier alpha value is -1.09. The van der Waals surface area contributed by atoms with Gasteiger partial charge in [0.2, 0.25) is 0 Å². The zero-order valence-electron chi connectivity index (χ0n) is 9.04. The minimum atomic E-state index is -0.250. The van der Waals surface area contributed by atoms with E-state index in [4.69, 9.17) is 5.73 Å². The molecular weight excluding hydrogens is 191 g/mol. The number of anilines is 1. The maximum atomic E-state index is 12.8. The Kier molecular flexibility index (Phi) is 2.91. The van der Waals surface area contributed by atoms with Crippen molar-refractivity contribution in [1.29, 1.82) is 0 Å². The van der Waals surface area contributed by atoms with E-state index in [9.17, 15) is 4.39 Å². The fourth-order valence-electron chi connectivity index (χ4n) is 2.26. The predicted molar refractivity (Wildman–Crippen MR) is 60.1 cm³/mol. The Morgan fingerprint density at radius 1 is 1.53 bits per heavy atom. The van der Waals surface area contributed by atoms with Crippen molar-refractivity contribution < 1.29 is 4.39 Å². The van der Waals surface area contributed by atoms with Crippen LogP contribution < -0.4 is 5.73 Å². The predicted octanol–water partition coefficient (Wildman–Crippen LogP) is 1.90. The van der Waals surface area contributed by atoms with E-state index in [0.29, 0.717) is 11.6 Å². The summed E-state index contributed by atoms with van der Waals surface area (Å²) in [5.41, 5.74) is 7.45. The minimum Gasteiger partial charge on any atom is -0.398 e. The molecule has 1 aromatic rings. The van der Waals surface area contributed by atoms with Crippen molar-refractivity contribution in [1.82, 2.24) is 4.90 Å². The lowest BCUT2D eigenvalue weighted by Gasteiger charge is -2.12. The van der Waals surface area contributed by atoms with Gasteiger partial charge in [-0.25, -0.2) is 4.39 Å². The summed E-state index contributed by atoms with van der Waals surface area (Å²) < 4.78 is 12.8. The normalized spacial score (nSPS) is 22.1. The van der Waals surface area contributed by atoms with Gasteiger partial charge in [0, 0.05) is 12.2 Å². The lowest BCUT2D eigenvalue weighted by Crippen LogP contribution is -2.15. The van der Waals surface area contributed by atoms with Crippen molar-refractivity contribution in [3.05, 3.63) is 29.6 Å². The molecule has 1 fully saturated rings. The highest BCUT2D eigenvalue weighted by atomic mass is 19.1. The zero-order valence-corrected chi connectivity index (χ0v) is 9.04. The standard InChI is InChI=1S/C12H17FN2/c1-15-5-4-9(8-15)6-10-2-3-11(13)7-12(10)14/h2-3,7,9H,4-6,8,14H2,1H3. The first-order valence-corrected chi connectivity index (χ1v) is 5.37. The molecule has 1 aliphatic heterocycles. The molecule has 3 heteroatoms. The third-order valence-corrected chi connectivity index (χ3v) is 3.11. The topological polar surface area (TPSA) is 29.3 Å². The molecule has 0 saturated carbocycles. The van der Waals surface area contributed by atoms with Crippen molar-refractivity contribution in [3.8, 4) is 0 Å². The Bertz CT molecular complexity index is 351. The molecule has 1 heterocycles. The molecule has 0 spiro atoms. The highest BCUT2D eigenvalue weighted by molar-refractivity contribution is 5.47. The molecule has 1 aromatic carbocycles. The van der Waals surface area contributed by atoms with Gasteiger partial charge in [-0.15, -0.1) is 0 Å². The van der Waals surface area contributed by atoms with Gasteiger partial charge in [-0.2, -0.15) is 0 Å². The summed E-state index contributed by atoms with van der Waals surface area (Å²) in [4.78, 5) is 2.32. The summed E-state index contributed by atoms with van der Waals surface area (Å²) in [7, 11) is 2.13. The number of likely N-dealkylation sites (tertiary alicyclic amines) is 1. The molecule has 1 aliphatic rings. The maximum Gasteiger partial charge on any atom is 0.125 e. The molecule has 0 aliphatic carbocycles. The lowest BCUT2D eigenvalue weighted by atomic mass is 9.97. The molecule has 1 atom stereocenters. The number of nitrogens with zero attached hydrogens (tertiary/aromatic N) is 1. The van der Waals surface area contributed by atoms with Crippen LogP contribution in [0.5, 0.6) is 0 Å². The van der Waals surface area contributed by atoms with Crippen LogP contribution in [0.1, 0.15) is 12.0 Å². The third-order valence-electron chi connectivity index (χ3n) is 3.11. The molecule has 2 rings (SSSR count). The van der Waals surface area contributed by atoms with Gasteiger partial charge in [-0.05, 0) is 50.0 Å². The smallest absolute Gasteiger partial charge is 0.125 e. The van der Waals surface area contributed by atoms with E-state index in [0.717, 1.165) is 25.1 Å². The molecule has 0 aromatic heterocycles. The summed E-state index contributed by atoms with van der Waals surface area (Å²) in [5, 5.41) is 0. The largest absolute Gasteiger partial charge is 0.398 e. The van der Waals surface area contributed by atoms with Crippen LogP contribution in [0.25, 0.3) is 0 Å². The number of halogens is 1. The Morgan fingerprint density at radius 2 is 2.33 bits per heavy atom. The Balaban J connectivity index is 2.04. The van der Waals surface area contributed by atoms with Gasteiger partial charge in [0.1, 0.15) is 5.82 Å². The summed E-state index contributed by atoms with van der Waals surface area (Å²) >= 11 is 0. The first-order valence-electron chi connectivity index (χ1n) is 5.37. The van der Waals surface area contributed by atoms with Crippen LogP contribution in [0.3, 0.4) is 0 Å². The summed E-state index contributed by atoms with van der Waals surface area (Å²) in [6, 6.07) is 4.71. The van der Waals surface area contributed by atoms with Crippen LogP contribution in [-0.4, -0.2) is 25.0 Å². The van der Waals surface area contributed by atoms with Crippen molar-refractivity contribution >= 4 is 5.69 Å². The second-order valence-electron chi connectivity index (χ2n) is 4.46. The Labute approximate surface area is 89.9 Å². The van der Waals surface area contributed by atoms with E-state index >= 15 is 0 Å². The van der Waals surface area contributed by atoms with Crippen LogP contribution in [0.15, 0.2) is 18.2 Å². The Morgan fingerprint density at radius 3 is 2.93 bits per heavy atom. The molecule has 2 N–H and O–H groups in total. The van der Waals surface area contributed by atoms with Crippen molar-refractivity contribution in [2.45, 2.75) is 12.8 Å². The van der Waals surface area contributed by atoms with Crippen LogP contribution in [0.2, 0.25) is 0 Å². The van der Waals surface area contributed by atoms with E-state index in [-0.39, 0.29) is 5.82 Å². The molecule has 0 amide bonds. The molecule has 2 nitrogen and oxygen atoms in total. The summed E-state index contributed by atoms with van der Waals surface area (Å²) in [6.45, 7) is 2.28. The molecule has 0 bridgehead atoms. The molecule has 82 valence electrons. The molecule has 1 saturated heterocycles. The molecular formula is C12H17FN2. The van der Waals surface area contributed by atoms with Gasteiger partial charge in [0.25, 0.3) is 0 Å². The highest BCUT2D eigenvalue weighted by Gasteiger charge is 2.20. The van der Waals surface area contributed by atoms with Gasteiger partial charge in [-0.1, -0.05) is 6.07 Å². The van der Waals surface area contributed by atoms with Gasteiger partial charge in [0.05, 0.1) is 0 Å². The molecule has 0 radical (unpaired) electrons. The van der Waals surface area contributed by atoms with Crippen LogP contribution in [0, 0.1) is 11.7 Å². The first-order chi connectivity index (χ1) is 7.15. The van der Waals surface area contributed by atoms with Crippen molar-refractivity contribution in [3.63, 3.8) is 0 Å². The fourth-order valence-corrected chi connectivity index (χ4v) is 2.26. The quantitative estimate of drug-likeness (QED) is 0.752. The first kappa shape index (κ1) is 10.4. The van der Waals surface area contributed by atoms with Crippen LogP contribution >= 0.6 is 0 Å². The van der Waals surface area contributed by atoms with E-state index in [1.165, 1.54) is 18.6 Å². The van der Waals surface area contributed by atoms with Gasteiger partial charge in [0.15, 0.2) is 0 Å². The van der Waals surface area contributed by atoms with E-state index in [2.05, 4.69) is 11.9 Å². The van der Waals surface area contributed by atoms with E-state index in [1.54, 1.807) is 0 Å². The van der Waals surface area contributed by atoms with Crippen molar-refractivity contribution in [2.24, 2.45) is 5.92 Å². The van der Waals surface area contributed by atoms with E-state index in [1.807, 2.05) is 6.07 Å².